The fourth-order valence-electron chi connectivity index (χ4n) is 2.55. The molecule has 8 nitrogen and oxygen atoms in total. The van der Waals surface area contributed by atoms with E-state index in [1.54, 1.807) is 69.7 Å². The van der Waals surface area contributed by atoms with Crippen LogP contribution in [0.5, 0.6) is 11.5 Å². The van der Waals surface area contributed by atoms with E-state index in [1.807, 2.05) is 6.92 Å². The Hall–Kier alpha value is -2.76. The SMILES string of the molecule is COc1ccc(NC(=O)[C@@H](C)Sc2nsc(S[C@H](C)C(=O)Nc3ccc(OC)cc3)n2)cc1. The summed E-state index contributed by atoms with van der Waals surface area (Å²) in [6.07, 6.45) is 0. The van der Waals surface area contributed by atoms with Gasteiger partial charge in [0.05, 0.1) is 24.7 Å². The maximum absolute atomic E-state index is 12.5. The van der Waals surface area contributed by atoms with Crippen LogP contribution >= 0.6 is 35.1 Å². The monoisotopic (exact) mass is 504 g/mol. The summed E-state index contributed by atoms with van der Waals surface area (Å²) in [4.78, 5) is 29.4. The van der Waals surface area contributed by atoms with Crippen molar-refractivity contribution < 1.29 is 19.1 Å². The Labute approximate surface area is 205 Å². The molecule has 3 aromatic rings. The zero-order chi connectivity index (χ0) is 23.8. The minimum Gasteiger partial charge on any atom is -0.497 e. The lowest BCUT2D eigenvalue weighted by molar-refractivity contribution is -0.116. The minimum atomic E-state index is -0.393. The van der Waals surface area contributed by atoms with Gasteiger partial charge in [0.2, 0.25) is 17.0 Å². The van der Waals surface area contributed by atoms with Crippen molar-refractivity contribution in [1.82, 2.24) is 9.36 Å². The number of carbonyl (C=O) groups excluding carboxylic acids is 2. The van der Waals surface area contributed by atoms with Crippen molar-refractivity contribution in [2.45, 2.75) is 33.8 Å². The third-order valence-electron chi connectivity index (χ3n) is 4.40. The van der Waals surface area contributed by atoms with E-state index >= 15 is 0 Å². The maximum atomic E-state index is 12.5. The van der Waals surface area contributed by atoms with Crippen LogP contribution in [0.1, 0.15) is 13.8 Å². The molecule has 0 bridgehead atoms. The zero-order valence-corrected chi connectivity index (χ0v) is 21.0. The second kappa shape index (κ2) is 11.9. The van der Waals surface area contributed by atoms with Crippen LogP contribution < -0.4 is 20.1 Å². The molecule has 0 aliphatic heterocycles. The maximum Gasteiger partial charge on any atom is 0.237 e. The summed E-state index contributed by atoms with van der Waals surface area (Å²) >= 11 is 3.80. The number of anilines is 2. The van der Waals surface area contributed by atoms with Crippen LogP contribution in [0.2, 0.25) is 0 Å². The first-order valence-corrected chi connectivity index (χ1v) is 12.5. The van der Waals surface area contributed by atoms with E-state index in [0.717, 1.165) is 11.5 Å². The number of ether oxygens (including phenoxy) is 2. The van der Waals surface area contributed by atoms with Gasteiger partial charge in [-0.25, -0.2) is 4.98 Å². The lowest BCUT2D eigenvalue weighted by Gasteiger charge is -2.11. The topological polar surface area (TPSA) is 102 Å². The van der Waals surface area contributed by atoms with E-state index in [2.05, 4.69) is 20.0 Å². The number of nitrogens with zero attached hydrogens (tertiary/aromatic N) is 2. The number of amides is 2. The van der Waals surface area contributed by atoms with Crippen molar-refractivity contribution in [2.24, 2.45) is 0 Å². The van der Waals surface area contributed by atoms with Gasteiger partial charge in [0, 0.05) is 11.4 Å². The molecule has 2 atom stereocenters. The molecule has 174 valence electrons. The third kappa shape index (κ3) is 7.37. The predicted octanol–water partition coefficient (Wildman–Crippen LogP) is 4.79. The highest BCUT2D eigenvalue weighted by molar-refractivity contribution is 8.02. The molecule has 0 aliphatic rings. The standard InChI is InChI=1S/C22H24N4O4S3/c1-13(19(27)23-15-5-9-17(29-3)10-6-15)31-21-25-22(33-26-21)32-14(2)20(28)24-16-7-11-18(30-4)12-8-16/h5-14H,1-4H3,(H,23,27)(H,24,28)/t13-,14-/m1/s1. The molecule has 0 aliphatic carbocycles. The van der Waals surface area contributed by atoms with Gasteiger partial charge in [-0.3, -0.25) is 9.59 Å². The molecule has 0 fully saturated rings. The molecule has 0 saturated carbocycles. The lowest BCUT2D eigenvalue weighted by Crippen LogP contribution is -2.22. The lowest BCUT2D eigenvalue weighted by atomic mass is 10.3. The van der Waals surface area contributed by atoms with Crippen molar-refractivity contribution in [1.29, 1.82) is 0 Å². The van der Waals surface area contributed by atoms with E-state index < -0.39 is 5.25 Å². The van der Waals surface area contributed by atoms with Crippen molar-refractivity contribution >= 4 is 58.2 Å². The van der Waals surface area contributed by atoms with E-state index in [9.17, 15) is 9.59 Å². The fraction of sp³-hybridized carbons (Fsp3) is 0.273. The summed E-state index contributed by atoms with van der Waals surface area (Å²) in [5.74, 6) is 1.16. The number of rotatable bonds is 10. The summed E-state index contributed by atoms with van der Waals surface area (Å²) < 4.78 is 15.2. The average Bonchev–Trinajstić information content (AvgIpc) is 3.26. The first-order chi connectivity index (χ1) is 15.9. The molecular formula is C22H24N4O4S3. The summed E-state index contributed by atoms with van der Waals surface area (Å²) in [5, 5.41) is 5.48. The van der Waals surface area contributed by atoms with Gasteiger partial charge in [0.25, 0.3) is 0 Å². The molecular weight excluding hydrogens is 480 g/mol. The number of nitrogens with one attached hydrogen (secondary N) is 2. The predicted molar refractivity (Wildman–Crippen MR) is 134 cm³/mol. The van der Waals surface area contributed by atoms with Crippen molar-refractivity contribution in [3.05, 3.63) is 48.5 Å². The summed E-state index contributed by atoms with van der Waals surface area (Å²) in [7, 11) is 3.18. The van der Waals surface area contributed by atoms with E-state index in [1.165, 1.54) is 35.1 Å². The zero-order valence-electron chi connectivity index (χ0n) is 18.5. The molecule has 0 unspecified atom stereocenters. The number of benzene rings is 2. The average molecular weight is 505 g/mol. The first-order valence-electron chi connectivity index (χ1n) is 9.94. The Morgan fingerprint density at radius 2 is 1.27 bits per heavy atom. The number of methoxy groups -OCH3 is 2. The molecule has 0 spiro atoms. The van der Waals surface area contributed by atoms with E-state index in [-0.39, 0.29) is 17.1 Å². The second-order valence-electron chi connectivity index (χ2n) is 6.80. The van der Waals surface area contributed by atoms with Crippen LogP contribution in [0.3, 0.4) is 0 Å². The summed E-state index contributed by atoms with van der Waals surface area (Å²) in [6, 6.07) is 14.3. The van der Waals surface area contributed by atoms with E-state index in [0.29, 0.717) is 20.9 Å². The molecule has 2 amide bonds. The first kappa shape index (κ1) is 24.9. The largest absolute Gasteiger partial charge is 0.497 e. The van der Waals surface area contributed by atoms with Gasteiger partial charge in [-0.1, -0.05) is 23.5 Å². The normalized spacial score (nSPS) is 12.5. The molecule has 0 radical (unpaired) electrons. The highest BCUT2D eigenvalue weighted by Crippen LogP contribution is 2.30. The Bertz CT molecular complexity index is 990. The molecule has 2 aromatic carbocycles. The molecule has 33 heavy (non-hydrogen) atoms. The molecule has 2 N–H and O–H groups in total. The number of hydrogen-bond acceptors (Lipinski definition) is 9. The number of thioether (sulfide) groups is 2. The Morgan fingerprint density at radius 1 is 0.818 bits per heavy atom. The number of hydrogen-bond donors (Lipinski definition) is 2. The summed E-state index contributed by atoms with van der Waals surface area (Å²) in [6.45, 7) is 3.60. The fourth-order valence-corrected chi connectivity index (χ4v) is 5.22. The smallest absolute Gasteiger partial charge is 0.237 e. The van der Waals surface area contributed by atoms with Crippen LogP contribution in [0.25, 0.3) is 0 Å². The summed E-state index contributed by atoms with van der Waals surface area (Å²) in [5.41, 5.74) is 1.38. The quantitative estimate of drug-likeness (QED) is 0.380. The van der Waals surface area contributed by atoms with Crippen LogP contribution in [0.15, 0.2) is 58.0 Å². The molecule has 3 rings (SSSR count). The Balaban J connectivity index is 1.49. The molecule has 0 saturated heterocycles. The molecule has 1 heterocycles. The van der Waals surface area contributed by atoms with Crippen LogP contribution in [0.4, 0.5) is 11.4 Å². The van der Waals surface area contributed by atoms with Gasteiger partial charge >= 0.3 is 0 Å². The van der Waals surface area contributed by atoms with E-state index in [4.69, 9.17) is 9.47 Å². The van der Waals surface area contributed by atoms with Gasteiger partial charge < -0.3 is 20.1 Å². The highest BCUT2D eigenvalue weighted by Gasteiger charge is 2.20. The second-order valence-corrected chi connectivity index (χ2v) is 10.4. The van der Waals surface area contributed by atoms with Gasteiger partial charge in [-0.05, 0) is 73.9 Å². The molecule has 11 heteroatoms. The van der Waals surface area contributed by atoms with Crippen molar-refractivity contribution in [3.63, 3.8) is 0 Å². The van der Waals surface area contributed by atoms with Crippen molar-refractivity contribution in [2.75, 3.05) is 24.9 Å². The third-order valence-corrected chi connectivity index (χ3v) is 7.36. The van der Waals surface area contributed by atoms with Crippen LogP contribution in [0, 0.1) is 0 Å². The Kier molecular flexibility index (Phi) is 8.98. The Morgan fingerprint density at radius 3 is 1.73 bits per heavy atom. The van der Waals surface area contributed by atoms with Crippen molar-refractivity contribution in [3.8, 4) is 11.5 Å². The van der Waals surface area contributed by atoms with Gasteiger partial charge in [0.1, 0.15) is 11.5 Å². The van der Waals surface area contributed by atoms with Gasteiger partial charge in [-0.2, -0.15) is 4.37 Å². The minimum absolute atomic E-state index is 0.137. The van der Waals surface area contributed by atoms with Gasteiger partial charge in [-0.15, -0.1) is 0 Å². The van der Waals surface area contributed by atoms with Gasteiger partial charge in [0.15, 0.2) is 4.34 Å². The molecule has 1 aromatic heterocycles. The highest BCUT2D eigenvalue weighted by atomic mass is 32.2. The van der Waals surface area contributed by atoms with Crippen LogP contribution in [-0.4, -0.2) is 45.9 Å². The number of aromatic nitrogens is 2. The van der Waals surface area contributed by atoms with Crippen LogP contribution in [-0.2, 0) is 9.59 Å². The number of carbonyl (C=O) groups is 2.